The number of ether oxygens (including phenoxy) is 1. The van der Waals surface area contributed by atoms with Crippen LogP contribution in [-0.2, 0) is 17.7 Å². The van der Waals surface area contributed by atoms with Crippen molar-refractivity contribution in [1.82, 2.24) is 19.7 Å². The molecule has 0 unspecified atom stereocenters. The summed E-state index contributed by atoms with van der Waals surface area (Å²) >= 11 is 0. The van der Waals surface area contributed by atoms with Gasteiger partial charge in [-0.3, -0.25) is 4.79 Å². The number of nitrogens with zero attached hydrogens (tertiary/aromatic N) is 4. The predicted octanol–water partition coefficient (Wildman–Crippen LogP) is 1.98. The summed E-state index contributed by atoms with van der Waals surface area (Å²) in [5, 5.41) is 8.07. The highest BCUT2D eigenvalue weighted by Crippen LogP contribution is 2.24. The molecular weight excluding hydrogens is 296 g/mol. The Kier molecular flexibility index (Phi) is 4.47. The van der Waals surface area contributed by atoms with E-state index in [0.29, 0.717) is 25.5 Å². The number of morpholine rings is 1. The highest BCUT2D eigenvalue weighted by Gasteiger charge is 2.31. The third kappa shape index (κ3) is 3.01. The Morgan fingerprint density at radius 1 is 1.43 bits per heavy atom. The van der Waals surface area contributed by atoms with Crippen molar-refractivity contribution in [3.63, 3.8) is 0 Å². The Labute approximate surface area is 135 Å². The van der Waals surface area contributed by atoms with E-state index in [1.807, 2.05) is 31.4 Å². The summed E-state index contributed by atoms with van der Waals surface area (Å²) in [4.78, 5) is 14.5. The maximum absolute atomic E-state index is 12.8. The van der Waals surface area contributed by atoms with Gasteiger partial charge in [0.05, 0.1) is 13.2 Å². The molecule has 3 heterocycles. The number of hydrogen-bond acceptors (Lipinski definition) is 5. The number of rotatable bonds is 4. The number of amides is 1. The van der Waals surface area contributed by atoms with Gasteiger partial charge < -0.3 is 18.6 Å². The summed E-state index contributed by atoms with van der Waals surface area (Å²) in [6.07, 6.45) is 2.21. The van der Waals surface area contributed by atoms with Crippen LogP contribution in [0, 0.1) is 6.92 Å². The molecule has 3 rings (SSSR count). The van der Waals surface area contributed by atoms with E-state index in [1.165, 1.54) is 0 Å². The SMILES string of the molecule is CCc1cc(C)c(C(=O)N2CCO[C@@H](c3nncn3CC)C2)o1. The third-order valence-electron chi connectivity index (χ3n) is 4.14. The first kappa shape index (κ1) is 15.7. The monoisotopic (exact) mass is 318 g/mol. The minimum absolute atomic E-state index is 0.0851. The van der Waals surface area contributed by atoms with Gasteiger partial charge in [0.15, 0.2) is 11.6 Å². The lowest BCUT2D eigenvalue weighted by atomic mass is 10.2. The van der Waals surface area contributed by atoms with Crippen LogP contribution in [0.25, 0.3) is 0 Å². The summed E-state index contributed by atoms with van der Waals surface area (Å²) in [5.74, 6) is 1.94. The molecule has 1 aliphatic rings. The molecule has 1 amide bonds. The van der Waals surface area contributed by atoms with Gasteiger partial charge in [-0.05, 0) is 19.9 Å². The second-order valence-electron chi connectivity index (χ2n) is 5.66. The van der Waals surface area contributed by atoms with E-state index in [0.717, 1.165) is 30.1 Å². The lowest BCUT2D eigenvalue weighted by Crippen LogP contribution is -2.43. The number of carbonyl (C=O) groups excluding carboxylic acids is 1. The second kappa shape index (κ2) is 6.54. The molecule has 2 aromatic rings. The summed E-state index contributed by atoms with van der Waals surface area (Å²) in [6, 6.07) is 1.93. The first-order valence-corrected chi connectivity index (χ1v) is 8.01. The van der Waals surface area contributed by atoms with Crippen molar-refractivity contribution in [1.29, 1.82) is 0 Å². The molecule has 124 valence electrons. The van der Waals surface area contributed by atoms with Gasteiger partial charge in [-0.1, -0.05) is 6.92 Å². The first-order chi connectivity index (χ1) is 11.1. The molecule has 0 aliphatic carbocycles. The molecule has 7 heteroatoms. The van der Waals surface area contributed by atoms with Crippen LogP contribution in [0.15, 0.2) is 16.8 Å². The topological polar surface area (TPSA) is 73.4 Å². The average Bonchev–Trinajstić information content (AvgIpc) is 3.20. The molecule has 2 aromatic heterocycles. The molecule has 23 heavy (non-hydrogen) atoms. The molecule has 1 fully saturated rings. The van der Waals surface area contributed by atoms with E-state index in [2.05, 4.69) is 10.2 Å². The Hall–Kier alpha value is -2.15. The molecule has 1 aliphatic heterocycles. The molecule has 7 nitrogen and oxygen atoms in total. The van der Waals surface area contributed by atoms with Crippen molar-refractivity contribution in [3.8, 4) is 0 Å². The second-order valence-corrected chi connectivity index (χ2v) is 5.66. The number of furan rings is 1. The lowest BCUT2D eigenvalue weighted by molar-refractivity contribution is -0.0293. The summed E-state index contributed by atoms with van der Waals surface area (Å²) < 4.78 is 13.4. The summed E-state index contributed by atoms with van der Waals surface area (Å²) in [6.45, 7) is 8.20. The van der Waals surface area contributed by atoms with Gasteiger partial charge in [0.25, 0.3) is 5.91 Å². The van der Waals surface area contributed by atoms with Crippen molar-refractivity contribution in [2.75, 3.05) is 19.7 Å². The molecule has 0 bridgehead atoms. The van der Waals surface area contributed by atoms with Crippen LogP contribution >= 0.6 is 0 Å². The summed E-state index contributed by atoms with van der Waals surface area (Å²) in [5.41, 5.74) is 0.881. The van der Waals surface area contributed by atoms with Gasteiger partial charge in [0.2, 0.25) is 0 Å². The Morgan fingerprint density at radius 2 is 2.26 bits per heavy atom. The number of aromatic nitrogens is 3. The van der Waals surface area contributed by atoms with E-state index in [1.54, 1.807) is 11.2 Å². The van der Waals surface area contributed by atoms with Crippen LogP contribution in [0.3, 0.4) is 0 Å². The minimum atomic E-state index is -0.254. The number of aryl methyl sites for hydroxylation is 3. The van der Waals surface area contributed by atoms with Crippen LogP contribution in [-0.4, -0.2) is 45.3 Å². The van der Waals surface area contributed by atoms with E-state index in [4.69, 9.17) is 9.15 Å². The van der Waals surface area contributed by atoms with Gasteiger partial charge >= 0.3 is 0 Å². The number of hydrogen-bond donors (Lipinski definition) is 0. The van der Waals surface area contributed by atoms with Crippen molar-refractivity contribution < 1.29 is 13.9 Å². The smallest absolute Gasteiger partial charge is 0.290 e. The van der Waals surface area contributed by atoms with E-state index >= 15 is 0 Å². The fourth-order valence-electron chi connectivity index (χ4n) is 2.83. The molecule has 0 spiro atoms. The zero-order chi connectivity index (χ0) is 16.4. The van der Waals surface area contributed by atoms with Crippen LogP contribution in [0.2, 0.25) is 0 Å². The fourth-order valence-corrected chi connectivity index (χ4v) is 2.83. The predicted molar refractivity (Wildman–Crippen MR) is 83.1 cm³/mol. The molecular formula is C16H22N4O3. The van der Waals surface area contributed by atoms with Gasteiger partial charge in [-0.25, -0.2) is 0 Å². The average molecular weight is 318 g/mol. The van der Waals surface area contributed by atoms with Gasteiger partial charge in [-0.15, -0.1) is 10.2 Å². The standard InChI is InChI=1S/C16H22N4O3/c1-4-12-8-11(3)14(23-12)16(21)20-6-7-22-13(9-20)15-18-17-10-19(15)5-2/h8,10,13H,4-7,9H2,1-3H3/t13-/m1/s1. The van der Waals surface area contributed by atoms with E-state index in [-0.39, 0.29) is 12.0 Å². The maximum atomic E-state index is 12.8. The largest absolute Gasteiger partial charge is 0.456 e. The lowest BCUT2D eigenvalue weighted by Gasteiger charge is -2.32. The van der Waals surface area contributed by atoms with E-state index < -0.39 is 0 Å². The van der Waals surface area contributed by atoms with Crippen LogP contribution in [0.1, 0.15) is 47.7 Å². The Balaban J connectivity index is 1.78. The maximum Gasteiger partial charge on any atom is 0.290 e. The fraction of sp³-hybridized carbons (Fsp3) is 0.562. The third-order valence-corrected chi connectivity index (χ3v) is 4.14. The molecule has 0 radical (unpaired) electrons. The molecule has 0 aromatic carbocycles. The van der Waals surface area contributed by atoms with Gasteiger partial charge in [-0.2, -0.15) is 0 Å². The van der Waals surface area contributed by atoms with Crippen molar-refractivity contribution in [3.05, 3.63) is 35.3 Å². The van der Waals surface area contributed by atoms with Crippen molar-refractivity contribution in [2.24, 2.45) is 0 Å². The van der Waals surface area contributed by atoms with Crippen LogP contribution in [0.4, 0.5) is 0 Å². The summed E-state index contributed by atoms with van der Waals surface area (Å²) in [7, 11) is 0. The molecule has 0 N–H and O–H groups in total. The zero-order valence-electron chi connectivity index (χ0n) is 13.8. The first-order valence-electron chi connectivity index (χ1n) is 8.01. The van der Waals surface area contributed by atoms with Crippen LogP contribution in [0.5, 0.6) is 0 Å². The van der Waals surface area contributed by atoms with Crippen LogP contribution < -0.4 is 0 Å². The Morgan fingerprint density at radius 3 is 2.96 bits per heavy atom. The molecule has 1 atom stereocenters. The molecule has 1 saturated heterocycles. The Bertz CT molecular complexity index is 691. The van der Waals surface area contributed by atoms with Crippen molar-refractivity contribution >= 4 is 5.91 Å². The highest BCUT2D eigenvalue weighted by atomic mass is 16.5. The highest BCUT2D eigenvalue weighted by molar-refractivity contribution is 5.93. The molecule has 0 saturated carbocycles. The number of carbonyl (C=O) groups is 1. The zero-order valence-corrected chi connectivity index (χ0v) is 13.8. The minimum Gasteiger partial charge on any atom is -0.456 e. The normalized spacial score (nSPS) is 18.4. The van der Waals surface area contributed by atoms with Gasteiger partial charge in [0.1, 0.15) is 18.2 Å². The van der Waals surface area contributed by atoms with Gasteiger partial charge in [0, 0.05) is 25.1 Å². The quantitative estimate of drug-likeness (QED) is 0.862. The van der Waals surface area contributed by atoms with E-state index in [9.17, 15) is 4.79 Å². The van der Waals surface area contributed by atoms with Crippen molar-refractivity contribution in [2.45, 2.75) is 39.8 Å².